The summed E-state index contributed by atoms with van der Waals surface area (Å²) in [6.07, 6.45) is 7.55. The topological polar surface area (TPSA) is 0 Å². The molecule has 0 fully saturated rings. The third-order valence-electron chi connectivity index (χ3n) is 1.85. The molecule has 0 aliphatic carbocycles. The van der Waals surface area contributed by atoms with Gasteiger partial charge in [-0.2, -0.15) is 0 Å². The van der Waals surface area contributed by atoms with Gasteiger partial charge in [-0.25, -0.2) is 0 Å². The molecule has 0 atom stereocenters. The van der Waals surface area contributed by atoms with Crippen molar-refractivity contribution in [2.75, 3.05) is 0 Å². The third-order valence-corrected chi connectivity index (χ3v) is 3.66. The number of unbranched alkanes of at least 4 members (excludes halogenated alkanes) is 2. The van der Waals surface area contributed by atoms with Gasteiger partial charge in [0.05, 0.1) is 0 Å². The summed E-state index contributed by atoms with van der Waals surface area (Å²) < 4.78 is 0.165. The second-order valence-corrected chi connectivity index (χ2v) is 7.53. The maximum atomic E-state index is 6.33. The Morgan fingerprint density at radius 1 is 1.08 bits per heavy atom. The Morgan fingerprint density at radius 2 is 1.42 bits per heavy atom. The Labute approximate surface area is 101 Å². The molecule has 0 aromatic heterocycles. The monoisotopic (exact) mass is 317 g/mol. The van der Waals surface area contributed by atoms with Crippen LogP contribution in [0.4, 0.5) is 0 Å². The van der Waals surface area contributed by atoms with Crippen LogP contribution in [-0.2, 0) is 0 Å². The molecule has 3 radical (unpaired) electrons. The largest absolute Gasteiger partial charge is 0.147 e. The zero-order chi connectivity index (χ0) is 8.74. The summed E-state index contributed by atoms with van der Waals surface area (Å²) in [7, 11) is 0. The van der Waals surface area contributed by atoms with Crippen LogP contribution in [0.2, 0.25) is 0 Å². The number of rotatable bonds is 6. The van der Waals surface area contributed by atoms with E-state index in [2.05, 4.69) is 13.8 Å². The van der Waals surface area contributed by atoms with Crippen molar-refractivity contribution >= 4 is 46.5 Å². The molecule has 0 saturated carbocycles. The van der Waals surface area contributed by atoms with Crippen LogP contribution in [0.15, 0.2) is 0 Å². The van der Waals surface area contributed by atoms with E-state index in [-0.39, 0.29) is 15.3 Å². The Balaban J connectivity index is 0. The molecule has 73 valence electrons. The minimum atomic E-state index is 0. The molecule has 3 heteroatoms. The van der Waals surface area contributed by atoms with Crippen LogP contribution in [-0.4, -0.2) is 25.4 Å². The first-order valence-corrected chi connectivity index (χ1v) is 6.37. The summed E-state index contributed by atoms with van der Waals surface area (Å²) in [5.41, 5.74) is 0. The summed E-state index contributed by atoms with van der Waals surface area (Å²) >= 11 is 7.84. The first-order valence-electron chi connectivity index (χ1n) is 4.56. The van der Waals surface area contributed by atoms with Gasteiger partial charge in [0.15, 0.2) is 0 Å². The first kappa shape index (κ1) is 15.8. The summed E-state index contributed by atoms with van der Waals surface area (Å²) in [6, 6.07) is 0. The quantitative estimate of drug-likeness (QED) is 0.515. The molecule has 0 saturated heterocycles. The van der Waals surface area contributed by atoms with Gasteiger partial charge in [-0.15, -0.1) is 12.4 Å². The van der Waals surface area contributed by atoms with Crippen LogP contribution >= 0.6 is 24.0 Å². The van der Waals surface area contributed by atoms with Gasteiger partial charge in [0.25, 0.3) is 0 Å². The number of hydrogen-bond acceptors (Lipinski definition) is 0. The SMILES string of the molecule is CCCC[C](Cl)([Sn])CCCC.Cl. The second kappa shape index (κ2) is 8.95. The fourth-order valence-corrected chi connectivity index (χ4v) is 2.32. The number of halogens is 2. The van der Waals surface area contributed by atoms with Crippen molar-refractivity contribution in [3.63, 3.8) is 0 Å². The van der Waals surface area contributed by atoms with E-state index in [1.165, 1.54) is 61.0 Å². The molecular formula is C9H19Cl2Sn. The smallest absolute Gasteiger partial charge is 0.147 e. The van der Waals surface area contributed by atoms with E-state index in [9.17, 15) is 0 Å². The number of alkyl halides is 1. The second-order valence-electron chi connectivity index (χ2n) is 3.17. The standard InChI is InChI=1S/C9H18Cl.ClH.Sn/c1-3-5-7-9(10)8-6-4-2;;/h3-8H2,1-2H3;1H;. The van der Waals surface area contributed by atoms with Gasteiger partial charge in [-0.1, -0.05) is 0 Å². The van der Waals surface area contributed by atoms with Gasteiger partial charge >= 0.3 is 89.4 Å². The van der Waals surface area contributed by atoms with Crippen LogP contribution in [0.3, 0.4) is 0 Å². The Morgan fingerprint density at radius 3 is 1.67 bits per heavy atom. The summed E-state index contributed by atoms with van der Waals surface area (Å²) in [5, 5.41) is 0. The molecule has 0 unspecified atom stereocenters. The molecule has 0 aliphatic heterocycles. The first-order chi connectivity index (χ1) is 5.12. The molecule has 12 heavy (non-hydrogen) atoms. The van der Waals surface area contributed by atoms with Crippen LogP contribution in [0.1, 0.15) is 52.4 Å². The molecule has 0 bridgehead atoms. The van der Waals surface area contributed by atoms with E-state index in [0.29, 0.717) is 0 Å². The Kier molecular flexibility index (Phi) is 11.8. The van der Waals surface area contributed by atoms with Gasteiger partial charge in [-0.05, 0) is 0 Å². The van der Waals surface area contributed by atoms with Crippen molar-refractivity contribution in [3.05, 3.63) is 0 Å². The molecular weight excluding hydrogens is 298 g/mol. The van der Waals surface area contributed by atoms with Gasteiger partial charge in [-0.3, -0.25) is 0 Å². The molecule has 0 aromatic carbocycles. The minimum Gasteiger partial charge on any atom is -0.147 e. The molecule has 0 spiro atoms. The van der Waals surface area contributed by atoms with Crippen molar-refractivity contribution in [2.45, 2.75) is 55.3 Å². The van der Waals surface area contributed by atoms with Gasteiger partial charge in [0.2, 0.25) is 0 Å². The zero-order valence-corrected chi connectivity index (χ0v) is 12.5. The fraction of sp³-hybridized carbons (Fsp3) is 1.00. The molecule has 0 heterocycles. The van der Waals surface area contributed by atoms with E-state index >= 15 is 0 Å². The maximum absolute atomic E-state index is 6.33. The normalized spacial score (nSPS) is 11.0. The van der Waals surface area contributed by atoms with Crippen molar-refractivity contribution < 1.29 is 0 Å². The molecule has 0 amide bonds. The average molecular weight is 317 g/mol. The van der Waals surface area contributed by atoms with E-state index in [1.54, 1.807) is 0 Å². The maximum Gasteiger partial charge on any atom is -0.147 e. The van der Waals surface area contributed by atoms with Gasteiger partial charge in [0, 0.05) is 0 Å². The van der Waals surface area contributed by atoms with E-state index in [0.717, 1.165) is 0 Å². The number of hydrogen-bond donors (Lipinski definition) is 0. The minimum absolute atomic E-state index is 0. The summed E-state index contributed by atoms with van der Waals surface area (Å²) in [6.45, 7) is 4.45. The molecule has 0 aromatic rings. The van der Waals surface area contributed by atoms with Crippen molar-refractivity contribution in [1.29, 1.82) is 0 Å². The molecule has 0 aliphatic rings. The predicted octanol–water partition coefficient (Wildman–Crippen LogP) is 3.89. The van der Waals surface area contributed by atoms with Crippen molar-refractivity contribution in [3.8, 4) is 0 Å². The van der Waals surface area contributed by atoms with Crippen LogP contribution < -0.4 is 0 Å². The molecule has 0 N–H and O–H groups in total. The molecule has 0 rings (SSSR count). The van der Waals surface area contributed by atoms with Crippen LogP contribution in [0.25, 0.3) is 0 Å². The fourth-order valence-electron chi connectivity index (χ4n) is 1.04. The zero-order valence-electron chi connectivity index (χ0n) is 8.03. The van der Waals surface area contributed by atoms with Gasteiger partial charge < -0.3 is 0 Å². The summed E-state index contributed by atoms with van der Waals surface area (Å²) in [5.74, 6) is 0. The van der Waals surface area contributed by atoms with Gasteiger partial charge in [0.1, 0.15) is 0 Å². The van der Waals surface area contributed by atoms with Crippen molar-refractivity contribution in [1.82, 2.24) is 0 Å². The Hall–Kier alpha value is 1.38. The Bertz CT molecular complexity index is 84.5. The van der Waals surface area contributed by atoms with E-state index < -0.39 is 0 Å². The van der Waals surface area contributed by atoms with Crippen LogP contribution in [0.5, 0.6) is 0 Å². The van der Waals surface area contributed by atoms with Crippen LogP contribution in [0, 0.1) is 0 Å². The molecule has 0 nitrogen and oxygen atoms in total. The van der Waals surface area contributed by atoms with E-state index in [4.69, 9.17) is 11.6 Å². The average Bonchev–Trinajstić information content (AvgIpc) is 1.97. The predicted molar refractivity (Wildman–Crippen MR) is 60.6 cm³/mol. The van der Waals surface area contributed by atoms with E-state index in [1.807, 2.05) is 0 Å². The third kappa shape index (κ3) is 9.47. The summed E-state index contributed by atoms with van der Waals surface area (Å²) in [4.78, 5) is 0. The van der Waals surface area contributed by atoms with Crippen molar-refractivity contribution in [2.24, 2.45) is 0 Å².